The van der Waals surface area contributed by atoms with Crippen molar-refractivity contribution in [2.45, 2.75) is 19.0 Å². The van der Waals surface area contributed by atoms with Crippen LogP contribution >= 0.6 is 0 Å². The van der Waals surface area contributed by atoms with Gasteiger partial charge >= 0.3 is 6.03 Å². The molecule has 0 spiro atoms. The average molecular weight is 426 g/mol. The van der Waals surface area contributed by atoms with E-state index in [2.05, 4.69) is 34.1 Å². The van der Waals surface area contributed by atoms with E-state index < -0.39 is 0 Å². The van der Waals surface area contributed by atoms with Crippen LogP contribution in [-0.2, 0) is 13.0 Å². The van der Waals surface area contributed by atoms with E-state index in [9.17, 15) is 9.18 Å². The van der Waals surface area contributed by atoms with Crippen LogP contribution in [0.15, 0.2) is 97.2 Å². The van der Waals surface area contributed by atoms with Crippen LogP contribution in [0.3, 0.4) is 0 Å². The molecule has 4 nitrogen and oxygen atoms in total. The normalized spacial score (nSPS) is 14.9. The lowest BCUT2D eigenvalue weighted by atomic mass is 10.0. The first-order valence-corrected chi connectivity index (χ1v) is 10.8. The Bertz CT molecular complexity index is 1220. The Labute approximate surface area is 186 Å². The number of hydrogen-bond acceptors (Lipinski definition) is 1. The molecule has 0 fully saturated rings. The summed E-state index contributed by atoms with van der Waals surface area (Å²) in [6, 6.07) is 28.2. The SMILES string of the molecule is O=C(NCCc1ccccc1)N1Cc2ccccc2-n2cccc2[C@@H]1c1ccc(F)cc1. The van der Waals surface area contributed by atoms with Gasteiger partial charge in [-0.1, -0.05) is 60.7 Å². The lowest BCUT2D eigenvalue weighted by molar-refractivity contribution is 0.180. The second kappa shape index (κ2) is 8.71. The fraction of sp³-hybridized carbons (Fsp3) is 0.148. The van der Waals surface area contributed by atoms with Crippen molar-refractivity contribution in [2.24, 2.45) is 0 Å². The van der Waals surface area contributed by atoms with Gasteiger partial charge in [-0.2, -0.15) is 0 Å². The lowest BCUT2D eigenvalue weighted by Crippen LogP contribution is -2.42. The molecule has 0 radical (unpaired) electrons. The predicted molar refractivity (Wildman–Crippen MR) is 123 cm³/mol. The molecule has 0 aliphatic carbocycles. The fourth-order valence-corrected chi connectivity index (χ4v) is 4.40. The number of nitrogens with zero attached hydrogens (tertiary/aromatic N) is 2. The number of para-hydroxylation sites is 1. The molecule has 0 bridgehead atoms. The van der Waals surface area contributed by atoms with Crippen LogP contribution in [0.2, 0.25) is 0 Å². The summed E-state index contributed by atoms with van der Waals surface area (Å²) in [6.07, 6.45) is 2.77. The maximum atomic E-state index is 13.7. The second-order valence-corrected chi connectivity index (χ2v) is 7.98. The minimum Gasteiger partial charge on any atom is -0.338 e. The second-order valence-electron chi connectivity index (χ2n) is 7.98. The number of nitrogens with one attached hydrogen (secondary N) is 1. The third kappa shape index (κ3) is 3.89. The van der Waals surface area contributed by atoms with Gasteiger partial charge in [0.1, 0.15) is 5.82 Å². The van der Waals surface area contributed by atoms with E-state index in [-0.39, 0.29) is 17.9 Å². The summed E-state index contributed by atoms with van der Waals surface area (Å²) in [4.78, 5) is 15.3. The van der Waals surface area contributed by atoms with Gasteiger partial charge in [0, 0.05) is 18.4 Å². The summed E-state index contributed by atoms with van der Waals surface area (Å²) in [6.45, 7) is 0.995. The topological polar surface area (TPSA) is 37.3 Å². The Morgan fingerprint density at radius 1 is 0.906 bits per heavy atom. The van der Waals surface area contributed by atoms with Crippen LogP contribution in [0.1, 0.15) is 28.4 Å². The van der Waals surface area contributed by atoms with Crippen LogP contribution in [-0.4, -0.2) is 22.0 Å². The largest absolute Gasteiger partial charge is 0.338 e. The highest BCUT2D eigenvalue weighted by Gasteiger charge is 2.32. The molecule has 0 saturated carbocycles. The molecule has 32 heavy (non-hydrogen) atoms. The van der Waals surface area contributed by atoms with Gasteiger partial charge in [0.25, 0.3) is 0 Å². The van der Waals surface area contributed by atoms with Crippen molar-refractivity contribution in [3.63, 3.8) is 0 Å². The highest BCUT2D eigenvalue weighted by atomic mass is 19.1. The molecule has 1 aliphatic rings. The van der Waals surface area contributed by atoms with Crippen molar-refractivity contribution < 1.29 is 9.18 Å². The van der Waals surface area contributed by atoms with Gasteiger partial charge in [-0.3, -0.25) is 0 Å². The number of hydrogen-bond donors (Lipinski definition) is 1. The molecule has 1 aliphatic heterocycles. The van der Waals surface area contributed by atoms with Crippen molar-refractivity contribution in [2.75, 3.05) is 6.54 Å². The van der Waals surface area contributed by atoms with E-state index in [1.165, 1.54) is 17.7 Å². The van der Waals surface area contributed by atoms with Crippen LogP contribution in [0.4, 0.5) is 9.18 Å². The van der Waals surface area contributed by atoms with Gasteiger partial charge in [-0.05, 0) is 53.4 Å². The molecule has 1 N–H and O–H groups in total. The first-order valence-electron chi connectivity index (χ1n) is 10.8. The average Bonchev–Trinajstić information content (AvgIpc) is 3.25. The molecule has 160 valence electrons. The number of carbonyl (C=O) groups excluding carboxylic acids is 1. The fourth-order valence-electron chi connectivity index (χ4n) is 4.40. The summed E-state index contributed by atoms with van der Waals surface area (Å²) >= 11 is 0. The summed E-state index contributed by atoms with van der Waals surface area (Å²) in [5.41, 5.74) is 5.14. The number of rotatable bonds is 4. The van der Waals surface area contributed by atoms with Gasteiger partial charge in [0.2, 0.25) is 0 Å². The number of urea groups is 1. The van der Waals surface area contributed by atoms with Crippen LogP contribution in [0.25, 0.3) is 5.69 Å². The molecular weight excluding hydrogens is 401 g/mol. The third-order valence-electron chi connectivity index (χ3n) is 5.94. The molecule has 4 aromatic rings. The van der Waals surface area contributed by atoms with Gasteiger partial charge < -0.3 is 14.8 Å². The smallest absolute Gasteiger partial charge is 0.318 e. The monoisotopic (exact) mass is 425 g/mol. The molecular formula is C27H24FN3O. The maximum absolute atomic E-state index is 13.7. The first kappa shape index (κ1) is 20.1. The molecule has 2 heterocycles. The summed E-state index contributed by atoms with van der Waals surface area (Å²) in [5, 5.41) is 3.10. The van der Waals surface area contributed by atoms with Gasteiger partial charge in [-0.25, -0.2) is 9.18 Å². The van der Waals surface area contributed by atoms with Crippen molar-refractivity contribution in [1.29, 1.82) is 0 Å². The summed E-state index contributed by atoms with van der Waals surface area (Å²) < 4.78 is 15.8. The van der Waals surface area contributed by atoms with E-state index in [0.717, 1.165) is 28.9 Å². The highest BCUT2D eigenvalue weighted by molar-refractivity contribution is 5.76. The number of carbonyl (C=O) groups is 1. The van der Waals surface area contributed by atoms with Crippen LogP contribution < -0.4 is 5.32 Å². The van der Waals surface area contributed by atoms with E-state index in [0.29, 0.717) is 13.1 Å². The van der Waals surface area contributed by atoms with Gasteiger partial charge in [-0.15, -0.1) is 0 Å². The molecule has 5 rings (SSSR count). The number of halogens is 1. The number of benzene rings is 3. The van der Waals surface area contributed by atoms with E-state index >= 15 is 0 Å². The van der Waals surface area contributed by atoms with Crippen LogP contribution in [0.5, 0.6) is 0 Å². The third-order valence-corrected chi connectivity index (χ3v) is 5.94. The van der Waals surface area contributed by atoms with Gasteiger partial charge in [0.15, 0.2) is 0 Å². The Balaban J connectivity index is 1.49. The maximum Gasteiger partial charge on any atom is 0.318 e. The minimum atomic E-state index is -0.338. The molecule has 1 atom stereocenters. The van der Waals surface area contributed by atoms with Crippen LogP contribution in [0, 0.1) is 5.82 Å². The Kier molecular flexibility index (Phi) is 5.46. The van der Waals surface area contributed by atoms with Crippen molar-refractivity contribution in [3.8, 4) is 5.69 Å². The molecule has 0 saturated heterocycles. The highest BCUT2D eigenvalue weighted by Crippen LogP contribution is 2.36. The summed E-state index contributed by atoms with van der Waals surface area (Å²) in [7, 11) is 0. The molecule has 5 heteroatoms. The molecule has 2 amide bonds. The van der Waals surface area contributed by atoms with Crippen molar-refractivity contribution >= 4 is 6.03 Å². The lowest BCUT2D eigenvalue weighted by Gasteiger charge is -2.31. The zero-order chi connectivity index (χ0) is 21.9. The first-order chi connectivity index (χ1) is 15.7. The standard InChI is InChI=1S/C27H24FN3O/c28-23-14-12-21(13-15-23)26-25-11-6-18-30(25)24-10-5-4-9-22(24)19-31(26)27(32)29-17-16-20-7-2-1-3-8-20/h1-15,18,26H,16-17,19H2,(H,29,32)/t26-/m0/s1. The van der Waals surface area contributed by atoms with E-state index in [1.807, 2.05) is 53.6 Å². The molecule has 1 aromatic heterocycles. The zero-order valence-corrected chi connectivity index (χ0v) is 17.6. The molecule has 3 aromatic carbocycles. The number of fused-ring (bicyclic) bond motifs is 3. The Hall–Kier alpha value is -3.86. The number of aromatic nitrogens is 1. The quantitative estimate of drug-likeness (QED) is 0.462. The minimum absolute atomic E-state index is 0.139. The van der Waals surface area contributed by atoms with Crippen molar-refractivity contribution in [3.05, 3.63) is 125 Å². The summed E-state index contributed by atoms with van der Waals surface area (Å²) in [5.74, 6) is -0.292. The Morgan fingerprint density at radius 2 is 1.66 bits per heavy atom. The number of amides is 2. The van der Waals surface area contributed by atoms with Crippen molar-refractivity contribution in [1.82, 2.24) is 14.8 Å². The zero-order valence-electron chi connectivity index (χ0n) is 17.6. The van der Waals surface area contributed by atoms with E-state index in [4.69, 9.17) is 0 Å². The van der Waals surface area contributed by atoms with E-state index in [1.54, 1.807) is 12.1 Å². The Morgan fingerprint density at radius 3 is 2.47 bits per heavy atom. The predicted octanol–water partition coefficient (Wildman–Crippen LogP) is 5.47. The molecule has 0 unspecified atom stereocenters. The van der Waals surface area contributed by atoms with Gasteiger partial charge in [0.05, 0.1) is 18.3 Å².